The first-order valence-electron chi connectivity index (χ1n) is 9.82. The largest absolute Gasteiger partial charge is 0.481 e. The van der Waals surface area contributed by atoms with E-state index in [2.05, 4.69) is 31.4 Å². The van der Waals surface area contributed by atoms with E-state index in [0.29, 0.717) is 23.7 Å². The van der Waals surface area contributed by atoms with Crippen molar-refractivity contribution in [3.05, 3.63) is 73.9 Å². The molecule has 3 aliphatic carbocycles. The lowest BCUT2D eigenvalue weighted by Crippen LogP contribution is -2.51. The Balaban J connectivity index is 1.88. The van der Waals surface area contributed by atoms with Crippen LogP contribution in [0.25, 0.3) is 0 Å². The molecule has 0 radical (unpaired) electrons. The highest BCUT2D eigenvalue weighted by Gasteiger charge is 2.58. The highest BCUT2D eigenvalue weighted by molar-refractivity contribution is 5.91. The number of carbonyl (C=O) groups is 2. The van der Waals surface area contributed by atoms with Crippen LogP contribution in [0.15, 0.2) is 73.9 Å². The molecule has 6 unspecified atom stereocenters. The molecule has 1 fully saturated rings. The molecular weight excluding hydrogens is 352 g/mol. The van der Waals surface area contributed by atoms with Gasteiger partial charge in [-0.15, -0.1) is 13.2 Å². The predicted octanol–water partition coefficient (Wildman–Crippen LogP) is 4.79. The fourth-order valence-electron chi connectivity index (χ4n) is 5.33. The van der Waals surface area contributed by atoms with E-state index in [1.54, 1.807) is 12.2 Å². The molecule has 0 heterocycles. The Morgan fingerprint density at radius 3 is 2.25 bits per heavy atom. The summed E-state index contributed by atoms with van der Waals surface area (Å²) in [6.07, 6.45) is 20.5. The third-order valence-electron chi connectivity index (χ3n) is 6.87. The predicted molar refractivity (Wildman–Crippen MR) is 110 cm³/mol. The van der Waals surface area contributed by atoms with Gasteiger partial charge < -0.3 is 10.2 Å². The van der Waals surface area contributed by atoms with Crippen molar-refractivity contribution in [3.8, 4) is 0 Å². The zero-order valence-corrected chi connectivity index (χ0v) is 16.0. The summed E-state index contributed by atoms with van der Waals surface area (Å²) in [6, 6.07) is 0. The SMILES string of the molecule is C=CCC1(C(=O)O)C=CC=CC1(CC=CC1CC(C=C)C2CC=CC12)C(=O)O. The van der Waals surface area contributed by atoms with Crippen LogP contribution in [0.4, 0.5) is 0 Å². The van der Waals surface area contributed by atoms with E-state index in [4.69, 9.17) is 0 Å². The van der Waals surface area contributed by atoms with Gasteiger partial charge in [0.1, 0.15) is 10.8 Å². The number of carboxylic acids is 2. The molecule has 3 aliphatic rings. The fourth-order valence-corrected chi connectivity index (χ4v) is 5.33. The van der Waals surface area contributed by atoms with Crippen molar-refractivity contribution in [2.75, 3.05) is 0 Å². The minimum absolute atomic E-state index is 0.0543. The van der Waals surface area contributed by atoms with E-state index >= 15 is 0 Å². The molecule has 2 N–H and O–H groups in total. The second-order valence-electron chi connectivity index (χ2n) is 8.10. The van der Waals surface area contributed by atoms with Crippen molar-refractivity contribution in [2.24, 2.45) is 34.5 Å². The quantitative estimate of drug-likeness (QED) is 0.594. The number of aliphatic carboxylic acids is 2. The Morgan fingerprint density at radius 1 is 1.04 bits per heavy atom. The van der Waals surface area contributed by atoms with Crippen molar-refractivity contribution in [1.82, 2.24) is 0 Å². The zero-order valence-electron chi connectivity index (χ0n) is 16.0. The smallest absolute Gasteiger partial charge is 0.315 e. The van der Waals surface area contributed by atoms with E-state index < -0.39 is 22.8 Å². The molecule has 0 aliphatic heterocycles. The fraction of sp³-hybridized carbons (Fsp3) is 0.417. The molecule has 0 amide bonds. The van der Waals surface area contributed by atoms with Crippen molar-refractivity contribution in [3.63, 3.8) is 0 Å². The summed E-state index contributed by atoms with van der Waals surface area (Å²) in [6.45, 7) is 7.62. The maximum absolute atomic E-state index is 12.3. The van der Waals surface area contributed by atoms with E-state index in [1.807, 2.05) is 12.2 Å². The van der Waals surface area contributed by atoms with Gasteiger partial charge in [0.15, 0.2) is 0 Å². The minimum Gasteiger partial charge on any atom is -0.481 e. The second-order valence-corrected chi connectivity index (χ2v) is 8.10. The molecule has 6 atom stereocenters. The third kappa shape index (κ3) is 3.01. The lowest BCUT2D eigenvalue weighted by atomic mass is 9.58. The van der Waals surface area contributed by atoms with E-state index in [1.165, 1.54) is 18.2 Å². The molecule has 4 heteroatoms. The Morgan fingerprint density at radius 2 is 1.68 bits per heavy atom. The molecule has 0 aromatic heterocycles. The lowest BCUT2D eigenvalue weighted by molar-refractivity contribution is -0.165. The van der Waals surface area contributed by atoms with Crippen LogP contribution in [0.3, 0.4) is 0 Å². The van der Waals surface area contributed by atoms with E-state index in [-0.39, 0.29) is 12.8 Å². The molecule has 3 rings (SSSR count). The van der Waals surface area contributed by atoms with Crippen LogP contribution in [-0.2, 0) is 9.59 Å². The summed E-state index contributed by atoms with van der Waals surface area (Å²) < 4.78 is 0. The Hall–Kier alpha value is -2.62. The van der Waals surface area contributed by atoms with Gasteiger partial charge in [0.05, 0.1) is 0 Å². The molecule has 0 saturated heterocycles. The molecule has 0 bridgehead atoms. The Bertz CT molecular complexity index is 786. The molecule has 0 spiro atoms. The van der Waals surface area contributed by atoms with E-state index in [0.717, 1.165) is 12.8 Å². The number of rotatable bonds is 8. The average molecular weight is 380 g/mol. The van der Waals surface area contributed by atoms with Crippen LogP contribution >= 0.6 is 0 Å². The zero-order chi connectivity index (χ0) is 20.4. The van der Waals surface area contributed by atoms with Crippen LogP contribution in [0.1, 0.15) is 25.7 Å². The first-order valence-corrected chi connectivity index (χ1v) is 9.82. The van der Waals surface area contributed by atoms with Gasteiger partial charge in [-0.25, -0.2) is 0 Å². The van der Waals surface area contributed by atoms with Gasteiger partial charge in [0.2, 0.25) is 0 Å². The number of hydrogen-bond acceptors (Lipinski definition) is 2. The summed E-state index contributed by atoms with van der Waals surface area (Å²) in [7, 11) is 0. The standard InChI is InChI=1S/C24H28O4/c1-3-12-23(21(25)26)13-5-6-14-24(23,22(27)28)15-8-9-18-16-17(4-2)19-10-7-11-20(18)19/h3-9,11,13-14,17-20H,1-2,10,12,15-16H2,(H,25,26)(H,27,28). The van der Waals surface area contributed by atoms with Gasteiger partial charge >= 0.3 is 11.9 Å². The number of fused-ring (bicyclic) bond motifs is 1. The van der Waals surface area contributed by atoms with Gasteiger partial charge in [-0.1, -0.05) is 60.8 Å². The maximum Gasteiger partial charge on any atom is 0.315 e. The van der Waals surface area contributed by atoms with Crippen molar-refractivity contribution < 1.29 is 19.8 Å². The third-order valence-corrected chi connectivity index (χ3v) is 6.87. The molecule has 1 saturated carbocycles. The number of hydrogen-bond donors (Lipinski definition) is 2. The van der Waals surface area contributed by atoms with Gasteiger partial charge in [0.25, 0.3) is 0 Å². The van der Waals surface area contributed by atoms with Gasteiger partial charge in [-0.2, -0.15) is 0 Å². The van der Waals surface area contributed by atoms with Crippen molar-refractivity contribution in [1.29, 1.82) is 0 Å². The van der Waals surface area contributed by atoms with Crippen molar-refractivity contribution >= 4 is 11.9 Å². The van der Waals surface area contributed by atoms with Gasteiger partial charge in [0, 0.05) is 0 Å². The minimum atomic E-state index is -1.55. The second kappa shape index (κ2) is 7.78. The summed E-state index contributed by atoms with van der Waals surface area (Å²) in [5, 5.41) is 20.0. The van der Waals surface area contributed by atoms with Crippen LogP contribution in [0, 0.1) is 34.5 Å². The molecule has 0 aromatic carbocycles. The highest BCUT2D eigenvalue weighted by atomic mass is 16.4. The molecule has 28 heavy (non-hydrogen) atoms. The molecular formula is C24H28O4. The molecule has 0 aromatic rings. The highest BCUT2D eigenvalue weighted by Crippen LogP contribution is 2.52. The van der Waals surface area contributed by atoms with Gasteiger partial charge in [-0.05, 0) is 49.4 Å². The summed E-state index contributed by atoms with van der Waals surface area (Å²) >= 11 is 0. The summed E-state index contributed by atoms with van der Waals surface area (Å²) in [5.41, 5.74) is -3.09. The summed E-state index contributed by atoms with van der Waals surface area (Å²) in [4.78, 5) is 24.5. The lowest BCUT2D eigenvalue weighted by Gasteiger charge is -2.42. The average Bonchev–Trinajstić information content (AvgIpc) is 3.26. The maximum atomic E-state index is 12.3. The van der Waals surface area contributed by atoms with Crippen LogP contribution in [0.2, 0.25) is 0 Å². The summed E-state index contributed by atoms with van der Waals surface area (Å²) in [5.74, 6) is -0.429. The number of allylic oxidation sites excluding steroid dienone is 8. The Kier molecular flexibility index (Phi) is 5.59. The number of carboxylic acid groups (broad SMARTS) is 2. The van der Waals surface area contributed by atoms with E-state index in [9.17, 15) is 19.8 Å². The Labute approximate surface area is 166 Å². The topological polar surface area (TPSA) is 74.6 Å². The normalized spacial score (nSPS) is 38.6. The van der Waals surface area contributed by atoms with Crippen LogP contribution in [-0.4, -0.2) is 22.2 Å². The van der Waals surface area contributed by atoms with Crippen molar-refractivity contribution in [2.45, 2.75) is 25.7 Å². The first kappa shape index (κ1) is 20.1. The molecule has 148 valence electrons. The van der Waals surface area contributed by atoms with Crippen LogP contribution in [0.5, 0.6) is 0 Å². The monoisotopic (exact) mass is 380 g/mol. The first-order chi connectivity index (χ1) is 13.4. The van der Waals surface area contributed by atoms with Crippen LogP contribution < -0.4 is 0 Å². The van der Waals surface area contributed by atoms with Gasteiger partial charge in [-0.3, -0.25) is 9.59 Å². The molecule has 4 nitrogen and oxygen atoms in total.